The molecular weight excluding hydrogens is 286 g/mol. The molecule has 2 fully saturated rings. The smallest absolute Gasteiger partial charge is 0.0440 e. The Morgan fingerprint density at radius 1 is 1.05 bits per heavy atom. The number of halogens is 1. The van der Waals surface area contributed by atoms with Crippen LogP contribution in [0.15, 0.2) is 24.3 Å². The van der Waals surface area contributed by atoms with Crippen molar-refractivity contribution in [3.05, 3.63) is 34.9 Å². The molecule has 0 unspecified atom stereocenters. The number of benzene rings is 1. The van der Waals surface area contributed by atoms with Gasteiger partial charge in [0.1, 0.15) is 0 Å². The summed E-state index contributed by atoms with van der Waals surface area (Å²) in [6.07, 6.45) is 10.3. The zero-order valence-corrected chi connectivity index (χ0v) is 13.7. The van der Waals surface area contributed by atoms with Crippen LogP contribution in [0.1, 0.15) is 50.0 Å². The van der Waals surface area contributed by atoms with Crippen molar-refractivity contribution in [2.24, 2.45) is 0 Å². The van der Waals surface area contributed by atoms with Crippen LogP contribution in [0.4, 0.5) is 0 Å². The molecule has 2 saturated carbocycles. The van der Waals surface area contributed by atoms with E-state index >= 15 is 0 Å². The first-order chi connectivity index (χ1) is 9.76. The SMILES string of the molecule is CSC1CCC(NC2CC(c3ccccc3Cl)C2)CC1. The van der Waals surface area contributed by atoms with Crippen molar-refractivity contribution in [1.29, 1.82) is 0 Å². The number of hydrogen-bond acceptors (Lipinski definition) is 2. The van der Waals surface area contributed by atoms with E-state index in [1.54, 1.807) is 0 Å². The molecule has 3 rings (SSSR count). The summed E-state index contributed by atoms with van der Waals surface area (Å²) >= 11 is 8.32. The van der Waals surface area contributed by atoms with Gasteiger partial charge in [-0.15, -0.1) is 0 Å². The molecule has 1 N–H and O–H groups in total. The van der Waals surface area contributed by atoms with Gasteiger partial charge in [-0.05, 0) is 62.3 Å². The summed E-state index contributed by atoms with van der Waals surface area (Å²) in [7, 11) is 0. The van der Waals surface area contributed by atoms with Crippen molar-refractivity contribution in [3.63, 3.8) is 0 Å². The van der Waals surface area contributed by atoms with Gasteiger partial charge in [0.2, 0.25) is 0 Å². The van der Waals surface area contributed by atoms with Crippen LogP contribution < -0.4 is 5.32 Å². The van der Waals surface area contributed by atoms with Gasteiger partial charge in [0.05, 0.1) is 0 Å². The minimum Gasteiger partial charge on any atom is -0.311 e. The summed E-state index contributed by atoms with van der Waals surface area (Å²) < 4.78 is 0. The molecule has 0 aromatic heterocycles. The predicted octanol–water partition coefficient (Wildman–Crippen LogP) is 4.85. The molecule has 0 aliphatic heterocycles. The molecule has 2 aliphatic rings. The van der Waals surface area contributed by atoms with Gasteiger partial charge < -0.3 is 5.32 Å². The quantitative estimate of drug-likeness (QED) is 0.853. The van der Waals surface area contributed by atoms with Gasteiger partial charge in [0, 0.05) is 22.4 Å². The lowest BCUT2D eigenvalue weighted by atomic mass is 9.75. The lowest BCUT2D eigenvalue weighted by Gasteiger charge is -2.40. The Hall–Kier alpha value is -0.180. The molecule has 0 radical (unpaired) electrons. The summed E-state index contributed by atoms with van der Waals surface area (Å²) in [5.41, 5.74) is 1.35. The largest absolute Gasteiger partial charge is 0.311 e. The molecule has 0 heterocycles. The highest BCUT2D eigenvalue weighted by molar-refractivity contribution is 7.99. The van der Waals surface area contributed by atoms with Crippen molar-refractivity contribution < 1.29 is 0 Å². The number of hydrogen-bond donors (Lipinski definition) is 1. The molecule has 1 aromatic rings. The van der Waals surface area contributed by atoms with E-state index in [1.165, 1.54) is 44.1 Å². The van der Waals surface area contributed by atoms with Crippen LogP contribution in [0.3, 0.4) is 0 Å². The molecule has 2 aliphatic carbocycles. The van der Waals surface area contributed by atoms with Crippen LogP contribution in [-0.2, 0) is 0 Å². The normalized spacial score (nSPS) is 33.7. The average Bonchev–Trinajstić information content (AvgIpc) is 2.44. The minimum absolute atomic E-state index is 0.670. The van der Waals surface area contributed by atoms with E-state index in [1.807, 2.05) is 23.9 Å². The van der Waals surface area contributed by atoms with E-state index in [-0.39, 0.29) is 0 Å². The highest BCUT2D eigenvalue weighted by Gasteiger charge is 2.33. The van der Waals surface area contributed by atoms with Gasteiger partial charge >= 0.3 is 0 Å². The zero-order chi connectivity index (χ0) is 13.9. The Morgan fingerprint density at radius 2 is 1.75 bits per heavy atom. The van der Waals surface area contributed by atoms with Crippen molar-refractivity contribution in [1.82, 2.24) is 5.32 Å². The topological polar surface area (TPSA) is 12.0 Å². The number of nitrogens with one attached hydrogen (secondary N) is 1. The monoisotopic (exact) mass is 309 g/mol. The van der Waals surface area contributed by atoms with Gasteiger partial charge in [-0.25, -0.2) is 0 Å². The van der Waals surface area contributed by atoms with E-state index < -0.39 is 0 Å². The third-order valence-electron chi connectivity index (χ3n) is 4.96. The Morgan fingerprint density at radius 3 is 2.40 bits per heavy atom. The number of thioether (sulfide) groups is 1. The van der Waals surface area contributed by atoms with Gasteiger partial charge in [0.25, 0.3) is 0 Å². The van der Waals surface area contributed by atoms with Crippen molar-refractivity contribution in [3.8, 4) is 0 Å². The third-order valence-corrected chi connectivity index (χ3v) is 6.44. The molecule has 20 heavy (non-hydrogen) atoms. The Balaban J connectivity index is 1.44. The Bertz CT molecular complexity index is 436. The van der Waals surface area contributed by atoms with Crippen LogP contribution >= 0.6 is 23.4 Å². The molecule has 0 bridgehead atoms. The Kier molecular flexibility index (Phi) is 4.95. The molecule has 0 atom stereocenters. The van der Waals surface area contributed by atoms with E-state index in [0.29, 0.717) is 12.0 Å². The van der Waals surface area contributed by atoms with Crippen LogP contribution in [0, 0.1) is 0 Å². The first-order valence-corrected chi connectivity index (χ1v) is 9.46. The molecule has 0 spiro atoms. The molecular formula is C17H24ClNS. The van der Waals surface area contributed by atoms with Crippen molar-refractivity contribution >= 4 is 23.4 Å². The fourth-order valence-corrected chi connectivity index (χ4v) is 4.65. The van der Waals surface area contributed by atoms with E-state index in [0.717, 1.165) is 16.3 Å². The Labute approximate surface area is 131 Å². The lowest BCUT2D eigenvalue weighted by molar-refractivity contribution is 0.240. The summed E-state index contributed by atoms with van der Waals surface area (Å²) in [4.78, 5) is 0. The van der Waals surface area contributed by atoms with Crippen molar-refractivity contribution in [2.75, 3.05) is 6.26 Å². The summed E-state index contributed by atoms with van der Waals surface area (Å²) in [6.45, 7) is 0. The second-order valence-electron chi connectivity index (χ2n) is 6.26. The first kappa shape index (κ1) is 14.7. The summed E-state index contributed by atoms with van der Waals surface area (Å²) in [6, 6.07) is 9.80. The highest BCUT2D eigenvalue weighted by atomic mass is 35.5. The second-order valence-corrected chi connectivity index (χ2v) is 7.81. The maximum Gasteiger partial charge on any atom is 0.0440 e. The molecule has 1 nitrogen and oxygen atoms in total. The molecule has 110 valence electrons. The summed E-state index contributed by atoms with van der Waals surface area (Å²) in [5.74, 6) is 0.670. The fourth-order valence-electron chi connectivity index (χ4n) is 3.61. The maximum absolute atomic E-state index is 6.28. The van der Waals surface area contributed by atoms with Gasteiger partial charge in [0.15, 0.2) is 0 Å². The van der Waals surface area contributed by atoms with Gasteiger partial charge in [-0.1, -0.05) is 29.8 Å². The lowest BCUT2D eigenvalue weighted by Crippen LogP contribution is -2.47. The number of rotatable bonds is 4. The zero-order valence-electron chi connectivity index (χ0n) is 12.1. The van der Waals surface area contributed by atoms with Crippen LogP contribution in [0.2, 0.25) is 5.02 Å². The van der Waals surface area contributed by atoms with Crippen LogP contribution in [0.5, 0.6) is 0 Å². The van der Waals surface area contributed by atoms with E-state index in [4.69, 9.17) is 11.6 Å². The maximum atomic E-state index is 6.28. The summed E-state index contributed by atoms with van der Waals surface area (Å²) in [5, 5.41) is 5.72. The van der Waals surface area contributed by atoms with E-state index in [2.05, 4.69) is 23.7 Å². The molecule has 1 aromatic carbocycles. The fraction of sp³-hybridized carbons (Fsp3) is 0.647. The standard InChI is InChI=1S/C17H24ClNS/c1-20-15-8-6-13(7-9-15)19-14-10-12(11-14)16-4-2-3-5-17(16)18/h2-5,12-15,19H,6-11H2,1H3. The highest BCUT2D eigenvalue weighted by Crippen LogP contribution is 2.40. The third kappa shape index (κ3) is 3.35. The molecule has 3 heteroatoms. The second kappa shape index (κ2) is 6.72. The van der Waals surface area contributed by atoms with Gasteiger partial charge in [-0.3, -0.25) is 0 Å². The van der Waals surface area contributed by atoms with E-state index in [9.17, 15) is 0 Å². The molecule has 0 saturated heterocycles. The van der Waals surface area contributed by atoms with Crippen molar-refractivity contribution in [2.45, 2.75) is 61.8 Å². The first-order valence-electron chi connectivity index (χ1n) is 7.79. The molecule has 0 amide bonds. The van der Waals surface area contributed by atoms with Gasteiger partial charge in [-0.2, -0.15) is 11.8 Å². The minimum atomic E-state index is 0.670. The predicted molar refractivity (Wildman–Crippen MR) is 89.9 cm³/mol. The average molecular weight is 310 g/mol. The van der Waals surface area contributed by atoms with Crippen LogP contribution in [0.25, 0.3) is 0 Å². The van der Waals surface area contributed by atoms with Crippen LogP contribution in [-0.4, -0.2) is 23.6 Å².